The standard InChI is InChI=1S/C12H15ClO2/c1-8(9(2)12(14)15-3)10-6-4-5-7-11(10)13/h4-9H,1-3H3. The summed E-state index contributed by atoms with van der Waals surface area (Å²) in [7, 11) is 1.40. The molecule has 0 aliphatic heterocycles. The lowest BCUT2D eigenvalue weighted by atomic mass is 9.89. The second-order valence-electron chi connectivity index (χ2n) is 3.62. The molecule has 0 aliphatic rings. The van der Waals surface area contributed by atoms with Crippen LogP contribution < -0.4 is 0 Å². The van der Waals surface area contributed by atoms with E-state index in [-0.39, 0.29) is 17.8 Å². The fourth-order valence-electron chi connectivity index (χ4n) is 1.50. The number of ether oxygens (including phenoxy) is 1. The third-order valence-corrected chi connectivity index (χ3v) is 3.06. The van der Waals surface area contributed by atoms with Gasteiger partial charge in [-0.1, -0.05) is 43.6 Å². The first-order valence-corrected chi connectivity index (χ1v) is 5.28. The van der Waals surface area contributed by atoms with Crippen molar-refractivity contribution in [1.82, 2.24) is 0 Å². The summed E-state index contributed by atoms with van der Waals surface area (Å²) < 4.78 is 4.71. The fourth-order valence-corrected chi connectivity index (χ4v) is 1.81. The van der Waals surface area contributed by atoms with Crippen LogP contribution in [0.3, 0.4) is 0 Å². The highest BCUT2D eigenvalue weighted by molar-refractivity contribution is 6.31. The molecule has 0 aliphatic carbocycles. The number of hydrogen-bond acceptors (Lipinski definition) is 2. The van der Waals surface area contributed by atoms with Crippen molar-refractivity contribution in [2.75, 3.05) is 7.11 Å². The molecule has 0 bridgehead atoms. The van der Waals surface area contributed by atoms with Crippen LogP contribution in [0.1, 0.15) is 25.3 Å². The van der Waals surface area contributed by atoms with Gasteiger partial charge in [-0.25, -0.2) is 0 Å². The molecule has 1 aromatic carbocycles. The van der Waals surface area contributed by atoms with Gasteiger partial charge in [0.15, 0.2) is 0 Å². The minimum Gasteiger partial charge on any atom is -0.469 e. The first-order valence-electron chi connectivity index (χ1n) is 4.90. The fraction of sp³-hybridized carbons (Fsp3) is 0.417. The Labute approximate surface area is 95.2 Å². The maximum absolute atomic E-state index is 11.4. The number of rotatable bonds is 3. The van der Waals surface area contributed by atoms with Crippen LogP contribution in [0.25, 0.3) is 0 Å². The van der Waals surface area contributed by atoms with Gasteiger partial charge in [-0.15, -0.1) is 0 Å². The summed E-state index contributed by atoms with van der Waals surface area (Å²) in [5, 5.41) is 0.695. The van der Waals surface area contributed by atoms with Crippen LogP contribution in [0.4, 0.5) is 0 Å². The molecule has 0 aromatic heterocycles. The molecule has 1 rings (SSSR count). The summed E-state index contributed by atoms with van der Waals surface area (Å²) in [5.41, 5.74) is 0.983. The topological polar surface area (TPSA) is 26.3 Å². The van der Waals surface area contributed by atoms with Crippen LogP contribution >= 0.6 is 11.6 Å². The number of carbonyl (C=O) groups is 1. The van der Waals surface area contributed by atoms with Gasteiger partial charge < -0.3 is 4.74 Å². The SMILES string of the molecule is COC(=O)C(C)C(C)c1ccccc1Cl. The lowest BCUT2D eigenvalue weighted by Gasteiger charge is -2.18. The third kappa shape index (κ3) is 2.72. The molecule has 0 saturated heterocycles. The molecular formula is C12H15ClO2. The Hall–Kier alpha value is -1.02. The molecule has 0 fully saturated rings. The highest BCUT2D eigenvalue weighted by Gasteiger charge is 2.23. The predicted octanol–water partition coefficient (Wildman–Crippen LogP) is 3.25. The molecular weight excluding hydrogens is 212 g/mol. The van der Waals surface area contributed by atoms with E-state index >= 15 is 0 Å². The monoisotopic (exact) mass is 226 g/mol. The summed E-state index contributed by atoms with van der Waals surface area (Å²) in [6, 6.07) is 7.56. The van der Waals surface area contributed by atoms with Crippen molar-refractivity contribution in [2.24, 2.45) is 5.92 Å². The van der Waals surface area contributed by atoms with Crippen molar-refractivity contribution in [2.45, 2.75) is 19.8 Å². The van der Waals surface area contributed by atoms with Gasteiger partial charge in [0.2, 0.25) is 0 Å². The minimum atomic E-state index is -0.206. The summed E-state index contributed by atoms with van der Waals surface area (Å²) in [6.45, 7) is 3.82. The van der Waals surface area contributed by atoms with Crippen molar-refractivity contribution in [3.8, 4) is 0 Å². The molecule has 0 heterocycles. The molecule has 3 heteroatoms. The van der Waals surface area contributed by atoms with E-state index in [2.05, 4.69) is 0 Å². The van der Waals surface area contributed by atoms with Crippen LogP contribution in [-0.2, 0) is 9.53 Å². The molecule has 0 amide bonds. The van der Waals surface area contributed by atoms with E-state index in [0.29, 0.717) is 5.02 Å². The first-order chi connectivity index (χ1) is 7.07. The van der Waals surface area contributed by atoms with Crippen molar-refractivity contribution in [1.29, 1.82) is 0 Å². The lowest BCUT2D eigenvalue weighted by Crippen LogP contribution is -2.19. The summed E-state index contributed by atoms with van der Waals surface area (Å²) >= 11 is 6.06. The van der Waals surface area contributed by atoms with Gasteiger partial charge in [-0.3, -0.25) is 4.79 Å². The van der Waals surface area contributed by atoms with Crippen molar-refractivity contribution >= 4 is 17.6 Å². The van der Waals surface area contributed by atoms with Gasteiger partial charge in [-0.2, -0.15) is 0 Å². The lowest BCUT2D eigenvalue weighted by molar-refractivity contribution is -0.145. The van der Waals surface area contributed by atoms with E-state index in [0.717, 1.165) is 5.56 Å². The minimum absolute atomic E-state index is 0.0612. The van der Waals surface area contributed by atoms with E-state index in [1.165, 1.54) is 7.11 Å². The maximum Gasteiger partial charge on any atom is 0.308 e. The zero-order chi connectivity index (χ0) is 11.4. The largest absolute Gasteiger partial charge is 0.469 e. The smallest absolute Gasteiger partial charge is 0.308 e. The molecule has 1 aromatic rings. The van der Waals surface area contributed by atoms with Crippen LogP contribution in [0.5, 0.6) is 0 Å². The summed E-state index contributed by atoms with van der Waals surface area (Å²) in [4.78, 5) is 11.4. The molecule has 15 heavy (non-hydrogen) atoms. The van der Waals surface area contributed by atoms with E-state index in [9.17, 15) is 4.79 Å². The van der Waals surface area contributed by atoms with Crippen LogP contribution in [0, 0.1) is 5.92 Å². The molecule has 0 radical (unpaired) electrons. The van der Waals surface area contributed by atoms with Crippen molar-refractivity contribution in [3.05, 3.63) is 34.9 Å². The van der Waals surface area contributed by atoms with Crippen LogP contribution in [0.2, 0.25) is 5.02 Å². The Kier molecular flexibility index (Phi) is 4.15. The highest BCUT2D eigenvalue weighted by Crippen LogP contribution is 2.30. The molecule has 0 N–H and O–H groups in total. The van der Waals surface area contributed by atoms with Gasteiger partial charge in [0, 0.05) is 5.02 Å². The second kappa shape index (κ2) is 5.17. The molecule has 0 saturated carbocycles. The number of carbonyl (C=O) groups excluding carboxylic acids is 1. The van der Waals surface area contributed by atoms with Gasteiger partial charge in [0.05, 0.1) is 13.0 Å². The van der Waals surface area contributed by atoms with Gasteiger partial charge >= 0.3 is 5.97 Å². The molecule has 2 nitrogen and oxygen atoms in total. The predicted molar refractivity (Wildman–Crippen MR) is 61.0 cm³/mol. The maximum atomic E-state index is 11.4. The van der Waals surface area contributed by atoms with Crippen molar-refractivity contribution in [3.63, 3.8) is 0 Å². The highest BCUT2D eigenvalue weighted by atomic mass is 35.5. The van der Waals surface area contributed by atoms with Gasteiger partial charge in [0.25, 0.3) is 0 Å². The average Bonchev–Trinajstić information content (AvgIpc) is 2.26. The zero-order valence-corrected chi connectivity index (χ0v) is 9.91. The number of esters is 1. The van der Waals surface area contributed by atoms with Crippen LogP contribution in [0.15, 0.2) is 24.3 Å². The molecule has 2 unspecified atom stereocenters. The van der Waals surface area contributed by atoms with E-state index in [1.807, 2.05) is 38.1 Å². The Bertz CT molecular complexity index is 349. The summed E-state index contributed by atoms with van der Waals surface area (Å²) in [5.74, 6) is -0.330. The molecule has 82 valence electrons. The third-order valence-electron chi connectivity index (χ3n) is 2.72. The number of methoxy groups -OCH3 is 1. The summed E-state index contributed by atoms with van der Waals surface area (Å²) in [6.07, 6.45) is 0. The Balaban J connectivity index is 2.89. The van der Waals surface area contributed by atoms with E-state index in [1.54, 1.807) is 0 Å². The van der Waals surface area contributed by atoms with E-state index < -0.39 is 0 Å². The van der Waals surface area contributed by atoms with Gasteiger partial charge in [0.1, 0.15) is 0 Å². The molecule has 0 spiro atoms. The zero-order valence-electron chi connectivity index (χ0n) is 9.16. The Morgan fingerprint density at radius 2 is 1.93 bits per heavy atom. The quantitative estimate of drug-likeness (QED) is 0.740. The Morgan fingerprint density at radius 3 is 2.47 bits per heavy atom. The van der Waals surface area contributed by atoms with Gasteiger partial charge in [-0.05, 0) is 17.5 Å². The van der Waals surface area contributed by atoms with Crippen molar-refractivity contribution < 1.29 is 9.53 Å². The molecule has 2 atom stereocenters. The number of halogens is 1. The normalized spacial score (nSPS) is 14.4. The second-order valence-corrected chi connectivity index (χ2v) is 4.03. The number of hydrogen-bond donors (Lipinski definition) is 0. The van der Waals surface area contributed by atoms with Crippen LogP contribution in [-0.4, -0.2) is 13.1 Å². The number of benzene rings is 1. The average molecular weight is 227 g/mol. The van der Waals surface area contributed by atoms with E-state index in [4.69, 9.17) is 16.3 Å². The Morgan fingerprint density at radius 1 is 1.33 bits per heavy atom. The first kappa shape index (κ1) is 12.1.